The van der Waals surface area contributed by atoms with E-state index in [2.05, 4.69) is 5.32 Å². The average Bonchev–Trinajstić information content (AvgIpc) is 2.90. The zero-order valence-corrected chi connectivity index (χ0v) is 11.0. The Kier molecular flexibility index (Phi) is 4.05. The van der Waals surface area contributed by atoms with E-state index in [0.717, 1.165) is 13.0 Å². The Bertz CT molecular complexity index is 273. The Morgan fingerprint density at radius 3 is 2.71 bits per heavy atom. The third kappa shape index (κ3) is 3.19. The standard InChI is InChI=1S/C13H24N2O2/c1-15(2)12(16)10-14-9-11-5-8-13(17-11)6-3-4-7-13/h11,14H,3-10H2,1-2H3. The number of amides is 1. The normalized spacial score (nSPS) is 26.6. The Morgan fingerprint density at radius 1 is 1.35 bits per heavy atom. The maximum atomic E-state index is 11.4. The minimum atomic E-state index is 0.124. The molecule has 0 aromatic carbocycles. The molecule has 0 bridgehead atoms. The molecule has 2 aliphatic rings. The maximum absolute atomic E-state index is 11.4. The molecule has 1 saturated carbocycles. The van der Waals surface area contributed by atoms with Gasteiger partial charge in [-0.05, 0) is 25.7 Å². The summed E-state index contributed by atoms with van der Waals surface area (Å²) in [4.78, 5) is 13.0. The van der Waals surface area contributed by atoms with Crippen molar-refractivity contribution in [3.63, 3.8) is 0 Å². The Balaban J connectivity index is 1.66. The zero-order chi connectivity index (χ0) is 12.3. The van der Waals surface area contributed by atoms with Crippen molar-refractivity contribution in [2.45, 2.75) is 50.2 Å². The van der Waals surface area contributed by atoms with Crippen LogP contribution in [0.5, 0.6) is 0 Å². The summed E-state index contributed by atoms with van der Waals surface area (Å²) < 4.78 is 6.16. The highest BCUT2D eigenvalue weighted by Crippen LogP contribution is 2.42. The van der Waals surface area contributed by atoms with E-state index in [-0.39, 0.29) is 11.5 Å². The number of ether oxygens (including phenoxy) is 1. The lowest BCUT2D eigenvalue weighted by atomic mass is 9.98. The maximum Gasteiger partial charge on any atom is 0.236 e. The quantitative estimate of drug-likeness (QED) is 0.801. The van der Waals surface area contributed by atoms with Crippen LogP contribution in [0.15, 0.2) is 0 Å². The molecule has 1 unspecified atom stereocenters. The van der Waals surface area contributed by atoms with Crippen molar-refractivity contribution in [2.75, 3.05) is 27.2 Å². The van der Waals surface area contributed by atoms with Gasteiger partial charge in [-0.25, -0.2) is 0 Å². The molecular weight excluding hydrogens is 216 g/mol. The molecule has 4 heteroatoms. The highest BCUT2D eigenvalue weighted by molar-refractivity contribution is 5.77. The van der Waals surface area contributed by atoms with Crippen LogP contribution in [-0.2, 0) is 9.53 Å². The third-order valence-corrected chi connectivity index (χ3v) is 4.00. The van der Waals surface area contributed by atoms with Gasteiger partial charge in [-0.2, -0.15) is 0 Å². The fourth-order valence-corrected chi connectivity index (χ4v) is 2.92. The van der Waals surface area contributed by atoms with Crippen molar-refractivity contribution in [2.24, 2.45) is 0 Å². The molecule has 1 atom stereocenters. The summed E-state index contributed by atoms with van der Waals surface area (Å²) in [6.45, 7) is 1.22. The van der Waals surface area contributed by atoms with E-state index in [1.54, 1.807) is 19.0 Å². The molecule has 1 aliphatic carbocycles. The summed E-state index contributed by atoms with van der Waals surface area (Å²) in [5, 5.41) is 3.20. The third-order valence-electron chi connectivity index (χ3n) is 4.00. The minimum Gasteiger partial charge on any atom is -0.370 e. The molecule has 2 fully saturated rings. The van der Waals surface area contributed by atoms with Crippen LogP contribution in [0.25, 0.3) is 0 Å². The van der Waals surface area contributed by atoms with Gasteiger partial charge in [-0.3, -0.25) is 4.79 Å². The van der Waals surface area contributed by atoms with Gasteiger partial charge in [0.15, 0.2) is 0 Å². The van der Waals surface area contributed by atoms with Crippen molar-refractivity contribution in [1.82, 2.24) is 10.2 Å². The lowest BCUT2D eigenvalue weighted by Crippen LogP contribution is -2.37. The number of hydrogen-bond acceptors (Lipinski definition) is 3. The fourth-order valence-electron chi connectivity index (χ4n) is 2.92. The Hall–Kier alpha value is -0.610. The van der Waals surface area contributed by atoms with Gasteiger partial charge in [0.05, 0.1) is 18.2 Å². The topological polar surface area (TPSA) is 41.6 Å². The van der Waals surface area contributed by atoms with E-state index in [1.165, 1.54) is 32.1 Å². The van der Waals surface area contributed by atoms with Crippen molar-refractivity contribution >= 4 is 5.91 Å². The molecule has 0 aromatic rings. The highest BCUT2D eigenvalue weighted by atomic mass is 16.5. The number of nitrogens with zero attached hydrogens (tertiary/aromatic N) is 1. The first-order chi connectivity index (χ1) is 8.11. The number of nitrogens with one attached hydrogen (secondary N) is 1. The van der Waals surface area contributed by atoms with Crippen molar-refractivity contribution in [3.8, 4) is 0 Å². The zero-order valence-electron chi connectivity index (χ0n) is 11.0. The van der Waals surface area contributed by atoms with Gasteiger partial charge in [0.25, 0.3) is 0 Å². The molecule has 1 heterocycles. The van der Waals surface area contributed by atoms with E-state index in [0.29, 0.717) is 12.6 Å². The molecule has 4 nitrogen and oxygen atoms in total. The van der Waals surface area contributed by atoms with Gasteiger partial charge in [0, 0.05) is 20.6 Å². The average molecular weight is 240 g/mol. The van der Waals surface area contributed by atoms with Crippen LogP contribution in [-0.4, -0.2) is 49.7 Å². The molecule has 0 aromatic heterocycles. The van der Waals surface area contributed by atoms with Crippen molar-refractivity contribution < 1.29 is 9.53 Å². The molecule has 17 heavy (non-hydrogen) atoms. The van der Waals surface area contributed by atoms with E-state index in [9.17, 15) is 4.79 Å². The molecule has 1 amide bonds. The smallest absolute Gasteiger partial charge is 0.236 e. The predicted octanol–water partition coefficient (Wildman–Crippen LogP) is 1.16. The lowest BCUT2D eigenvalue weighted by molar-refractivity contribution is -0.127. The van der Waals surface area contributed by atoms with Gasteiger partial charge in [-0.1, -0.05) is 12.8 Å². The molecule has 1 aliphatic heterocycles. The molecule has 1 saturated heterocycles. The van der Waals surface area contributed by atoms with E-state index in [1.807, 2.05) is 0 Å². The summed E-state index contributed by atoms with van der Waals surface area (Å²) in [5.41, 5.74) is 0.206. The summed E-state index contributed by atoms with van der Waals surface area (Å²) in [5.74, 6) is 0.124. The monoisotopic (exact) mass is 240 g/mol. The minimum absolute atomic E-state index is 0.124. The second kappa shape index (κ2) is 5.36. The van der Waals surface area contributed by atoms with Crippen LogP contribution in [0.4, 0.5) is 0 Å². The Labute approximate surface area is 104 Å². The SMILES string of the molecule is CN(C)C(=O)CNCC1CCC2(CCCC2)O1. The molecule has 0 radical (unpaired) electrons. The van der Waals surface area contributed by atoms with E-state index >= 15 is 0 Å². The summed E-state index contributed by atoms with van der Waals surface area (Å²) >= 11 is 0. The number of rotatable bonds is 4. The number of likely N-dealkylation sites (N-methyl/N-ethyl adjacent to an activating group) is 1. The van der Waals surface area contributed by atoms with E-state index in [4.69, 9.17) is 4.74 Å². The van der Waals surface area contributed by atoms with Gasteiger partial charge in [0.1, 0.15) is 0 Å². The lowest BCUT2D eigenvalue weighted by Gasteiger charge is -2.24. The Morgan fingerprint density at radius 2 is 2.06 bits per heavy atom. The second-order valence-corrected chi connectivity index (χ2v) is 5.59. The summed E-state index contributed by atoms with van der Waals surface area (Å²) in [6.07, 6.45) is 7.77. The van der Waals surface area contributed by atoms with Gasteiger partial charge < -0.3 is 15.0 Å². The molecule has 1 N–H and O–H groups in total. The first kappa shape index (κ1) is 12.8. The van der Waals surface area contributed by atoms with Crippen LogP contribution in [0.2, 0.25) is 0 Å². The largest absolute Gasteiger partial charge is 0.370 e. The van der Waals surface area contributed by atoms with Gasteiger partial charge in [-0.15, -0.1) is 0 Å². The highest BCUT2D eigenvalue weighted by Gasteiger charge is 2.41. The van der Waals surface area contributed by atoms with Crippen LogP contribution < -0.4 is 5.32 Å². The molecular formula is C13H24N2O2. The second-order valence-electron chi connectivity index (χ2n) is 5.59. The van der Waals surface area contributed by atoms with Crippen LogP contribution >= 0.6 is 0 Å². The molecule has 98 valence electrons. The van der Waals surface area contributed by atoms with Crippen molar-refractivity contribution in [3.05, 3.63) is 0 Å². The van der Waals surface area contributed by atoms with E-state index < -0.39 is 0 Å². The fraction of sp³-hybridized carbons (Fsp3) is 0.923. The molecule has 2 rings (SSSR count). The number of carbonyl (C=O) groups excluding carboxylic acids is 1. The predicted molar refractivity (Wildman–Crippen MR) is 66.9 cm³/mol. The first-order valence-corrected chi connectivity index (χ1v) is 6.70. The van der Waals surface area contributed by atoms with Gasteiger partial charge >= 0.3 is 0 Å². The number of carbonyl (C=O) groups is 1. The first-order valence-electron chi connectivity index (χ1n) is 6.70. The van der Waals surface area contributed by atoms with Crippen LogP contribution in [0.3, 0.4) is 0 Å². The van der Waals surface area contributed by atoms with Gasteiger partial charge in [0.2, 0.25) is 5.91 Å². The summed E-state index contributed by atoms with van der Waals surface area (Å²) in [7, 11) is 3.56. The van der Waals surface area contributed by atoms with Crippen molar-refractivity contribution in [1.29, 1.82) is 0 Å². The van der Waals surface area contributed by atoms with Crippen LogP contribution in [0.1, 0.15) is 38.5 Å². The molecule has 1 spiro atoms. The van der Waals surface area contributed by atoms with Crippen LogP contribution in [0, 0.1) is 0 Å². The summed E-state index contributed by atoms with van der Waals surface area (Å²) in [6, 6.07) is 0. The number of hydrogen-bond donors (Lipinski definition) is 1.